The first-order valence-electron chi connectivity index (χ1n) is 14.0. The molecule has 216 valence electrons. The first-order valence-corrected chi connectivity index (χ1v) is 21.5. The summed E-state index contributed by atoms with van der Waals surface area (Å²) in [6, 6.07) is 8.04. The van der Waals surface area contributed by atoms with Crippen molar-refractivity contribution in [2.45, 2.75) is 102 Å². The smallest absolute Gasteiger partial charge is 0.334 e. The van der Waals surface area contributed by atoms with Crippen LogP contribution in [0.5, 0.6) is 0 Å². The van der Waals surface area contributed by atoms with Crippen LogP contribution in [0.15, 0.2) is 12.1 Å². The standard InChI is InChI=1S/C28H56O6Si3/c1-25-27(18-12-15-21-36(9,31-4)32-5)23-26(17-11-14-20-35(8,29-2)30-3)24-28(25)19-13-16-22-37(10,33-6)34-7/h23-24H,11-22H2,1-10H3. The van der Waals surface area contributed by atoms with Gasteiger partial charge < -0.3 is 26.6 Å². The summed E-state index contributed by atoms with van der Waals surface area (Å²) < 4.78 is 34.1. The van der Waals surface area contributed by atoms with Crippen LogP contribution in [0, 0.1) is 6.92 Å². The molecule has 0 fully saturated rings. The van der Waals surface area contributed by atoms with Crippen LogP contribution < -0.4 is 0 Å². The largest absolute Gasteiger partial charge is 0.398 e. The van der Waals surface area contributed by atoms with Gasteiger partial charge in [-0.15, -0.1) is 0 Å². The Morgan fingerprint density at radius 1 is 0.486 bits per heavy atom. The van der Waals surface area contributed by atoms with Crippen LogP contribution in [0.25, 0.3) is 0 Å². The van der Waals surface area contributed by atoms with Gasteiger partial charge in [-0.05, 0) is 105 Å². The lowest BCUT2D eigenvalue weighted by Gasteiger charge is -2.23. The van der Waals surface area contributed by atoms with E-state index >= 15 is 0 Å². The first-order chi connectivity index (χ1) is 17.5. The van der Waals surface area contributed by atoms with Crippen LogP contribution in [0.4, 0.5) is 0 Å². The number of benzene rings is 1. The van der Waals surface area contributed by atoms with E-state index < -0.39 is 25.7 Å². The molecule has 9 heteroatoms. The highest BCUT2D eigenvalue weighted by Gasteiger charge is 2.29. The Hall–Kier alpha value is -0.369. The van der Waals surface area contributed by atoms with Crippen molar-refractivity contribution in [1.29, 1.82) is 0 Å². The van der Waals surface area contributed by atoms with Gasteiger partial charge in [0, 0.05) is 42.7 Å². The summed E-state index contributed by atoms with van der Waals surface area (Å²) in [6.45, 7) is 8.77. The second-order valence-corrected chi connectivity index (χ2v) is 21.5. The number of unbranched alkanes of at least 4 members (excludes halogenated alkanes) is 3. The molecule has 0 N–H and O–H groups in total. The highest BCUT2D eigenvalue weighted by Crippen LogP contribution is 2.25. The molecule has 0 saturated carbocycles. The van der Waals surface area contributed by atoms with Crippen molar-refractivity contribution < 1.29 is 26.6 Å². The van der Waals surface area contributed by atoms with Gasteiger partial charge in [0.1, 0.15) is 0 Å². The van der Waals surface area contributed by atoms with Gasteiger partial charge in [0.25, 0.3) is 0 Å². The van der Waals surface area contributed by atoms with Crippen molar-refractivity contribution in [3.63, 3.8) is 0 Å². The van der Waals surface area contributed by atoms with Crippen LogP contribution in [-0.4, -0.2) is 68.3 Å². The topological polar surface area (TPSA) is 55.4 Å². The Labute approximate surface area is 231 Å². The Morgan fingerprint density at radius 2 is 0.784 bits per heavy atom. The molecule has 0 aliphatic heterocycles. The van der Waals surface area contributed by atoms with E-state index in [4.69, 9.17) is 26.6 Å². The maximum Gasteiger partial charge on any atom is 0.334 e. The molecule has 0 aliphatic carbocycles. The van der Waals surface area contributed by atoms with Gasteiger partial charge >= 0.3 is 25.7 Å². The second-order valence-electron chi connectivity index (χ2n) is 10.8. The zero-order valence-electron chi connectivity index (χ0n) is 25.6. The van der Waals surface area contributed by atoms with Gasteiger partial charge in [0.15, 0.2) is 0 Å². The van der Waals surface area contributed by atoms with Crippen molar-refractivity contribution in [3.05, 3.63) is 34.4 Å². The molecule has 0 spiro atoms. The normalized spacial score (nSPS) is 12.9. The zero-order chi connectivity index (χ0) is 28.0. The molecule has 0 radical (unpaired) electrons. The molecule has 1 aromatic rings. The molecule has 0 heterocycles. The van der Waals surface area contributed by atoms with Crippen molar-refractivity contribution in [1.82, 2.24) is 0 Å². The zero-order valence-corrected chi connectivity index (χ0v) is 28.6. The van der Waals surface area contributed by atoms with E-state index in [0.717, 1.165) is 75.9 Å². The fourth-order valence-corrected chi connectivity index (χ4v) is 9.14. The fourth-order valence-electron chi connectivity index (χ4n) is 4.74. The van der Waals surface area contributed by atoms with Gasteiger partial charge in [-0.25, -0.2) is 0 Å². The molecule has 0 amide bonds. The van der Waals surface area contributed by atoms with Crippen molar-refractivity contribution in [3.8, 4) is 0 Å². The summed E-state index contributed by atoms with van der Waals surface area (Å²) >= 11 is 0. The molecule has 1 aromatic carbocycles. The Bertz CT molecular complexity index is 717. The molecule has 0 unspecified atom stereocenters. The van der Waals surface area contributed by atoms with E-state index in [2.05, 4.69) is 38.7 Å². The van der Waals surface area contributed by atoms with Gasteiger partial charge in [0.2, 0.25) is 0 Å². The van der Waals surface area contributed by atoms with Crippen LogP contribution in [0.3, 0.4) is 0 Å². The third kappa shape index (κ3) is 12.1. The highest BCUT2D eigenvalue weighted by molar-refractivity contribution is 6.66. The summed E-state index contributed by atoms with van der Waals surface area (Å²) in [5.41, 5.74) is 5.95. The molecule has 0 atom stereocenters. The predicted molar refractivity (Wildman–Crippen MR) is 161 cm³/mol. The Balaban J connectivity index is 2.87. The average molecular weight is 573 g/mol. The Morgan fingerprint density at radius 3 is 1.08 bits per heavy atom. The lowest BCUT2D eigenvalue weighted by atomic mass is 9.91. The molecule has 0 bridgehead atoms. The van der Waals surface area contributed by atoms with E-state index in [1.807, 2.05) is 0 Å². The minimum Gasteiger partial charge on any atom is -0.398 e. The molecule has 0 aliphatic rings. The van der Waals surface area contributed by atoms with E-state index in [1.54, 1.807) is 42.7 Å². The number of hydrogen-bond donors (Lipinski definition) is 0. The van der Waals surface area contributed by atoms with Crippen molar-refractivity contribution >= 4 is 25.7 Å². The van der Waals surface area contributed by atoms with Crippen molar-refractivity contribution in [2.75, 3.05) is 42.7 Å². The second kappa shape index (κ2) is 17.3. The summed E-state index contributed by atoms with van der Waals surface area (Å²) in [5.74, 6) is 0. The van der Waals surface area contributed by atoms with Crippen molar-refractivity contribution in [2.24, 2.45) is 0 Å². The molecule has 0 saturated heterocycles. The quantitative estimate of drug-likeness (QED) is 0.116. The molecular weight excluding hydrogens is 517 g/mol. The average Bonchev–Trinajstić information content (AvgIpc) is 2.92. The van der Waals surface area contributed by atoms with Crippen LogP contribution >= 0.6 is 0 Å². The first kappa shape index (κ1) is 34.7. The minimum absolute atomic E-state index is 1.04. The summed E-state index contributed by atoms with van der Waals surface area (Å²) in [6.07, 6.45) is 10.2. The molecule has 1 rings (SSSR count). The SMILES string of the molecule is CO[Si](C)(CCCCc1cc(CCCC[Si](C)(OC)OC)c(C)c(CCCC[Si](C)(OC)OC)c1)OC. The highest BCUT2D eigenvalue weighted by atomic mass is 28.4. The number of rotatable bonds is 21. The lowest BCUT2D eigenvalue weighted by Crippen LogP contribution is -2.35. The van der Waals surface area contributed by atoms with E-state index in [0.29, 0.717) is 0 Å². The van der Waals surface area contributed by atoms with Gasteiger partial charge in [-0.3, -0.25) is 0 Å². The fraction of sp³-hybridized carbons (Fsp3) is 0.786. The molecular formula is C28H56O6Si3. The lowest BCUT2D eigenvalue weighted by molar-refractivity contribution is 0.248. The monoisotopic (exact) mass is 572 g/mol. The molecule has 6 nitrogen and oxygen atoms in total. The third-order valence-electron chi connectivity index (χ3n) is 8.27. The van der Waals surface area contributed by atoms with E-state index in [-0.39, 0.29) is 0 Å². The van der Waals surface area contributed by atoms with Crippen LogP contribution in [0.2, 0.25) is 37.8 Å². The summed E-state index contributed by atoms with van der Waals surface area (Å²) in [4.78, 5) is 0. The van der Waals surface area contributed by atoms with E-state index in [1.165, 1.54) is 22.3 Å². The maximum absolute atomic E-state index is 5.68. The molecule has 0 aromatic heterocycles. The van der Waals surface area contributed by atoms with Crippen LogP contribution in [-0.2, 0) is 45.8 Å². The minimum atomic E-state index is -1.99. The summed E-state index contributed by atoms with van der Waals surface area (Å²) in [5, 5.41) is 0. The third-order valence-corrected chi connectivity index (χ3v) is 17.2. The number of aryl methyl sites for hydroxylation is 3. The van der Waals surface area contributed by atoms with Gasteiger partial charge in [-0.1, -0.05) is 31.4 Å². The number of hydrogen-bond acceptors (Lipinski definition) is 6. The predicted octanol–water partition coefficient (Wildman–Crippen LogP) is 7.06. The maximum atomic E-state index is 5.68. The van der Waals surface area contributed by atoms with Gasteiger partial charge in [0.05, 0.1) is 0 Å². The van der Waals surface area contributed by atoms with E-state index in [9.17, 15) is 0 Å². The van der Waals surface area contributed by atoms with Crippen LogP contribution in [0.1, 0.15) is 60.8 Å². The Kier molecular flexibility index (Phi) is 16.2. The molecule has 37 heavy (non-hydrogen) atoms. The van der Waals surface area contributed by atoms with Gasteiger partial charge in [-0.2, -0.15) is 0 Å². The summed E-state index contributed by atoms with van der Waals surface area (Å²) in [7, 11) is 4.72.